The standard InChI is InChI=1S/C12H14N2O/c15-9-1-2-10-3-5-11(6-4-10)12-13-7-8-14-12/h3-8,15H,1-2,9H2,(H,13,14). The van der Waals surface area contributed by atoms with E-state index in [-0.39, 0.29) is 6.61 Å². The Labute approximate surface area is 88.8 Å². The lowest BCUT2D eigenvalue weighted by Gasteiger charge is -2.01. The second kappa shape index (κ2) is 4.75. The maximum absolute atomic E-state index is 8.72. The number of aliphatic hydroxyl groups is 1. The molecule has 0 spiro atoms. The minimum Gasteiger partial charge on any atom is -0.396 e. The van der Waals surface area contributed by atoms with E-state index in [1.54, 1.807) is 6.20 Å². The number of nitrogens with one attached hydrogen (secondary N) is 1. The van der Waals surface area contributed by atoms with E-state index < -0.39 is 0 Å². The summed E-state index contributed by atoms with van der Waals surface area (Å²) in [4.78, 5) is 7.25. The van der Waals surface area contributed by atoms with Gasteiger partial charge in [-0.25, -0.2) is 4.98 Å². The lowest BCUT2D eigenvalue weighted by atomic mass is 10.1. The molecular formula is C12H14N2O. The van der Waals surface area contributed by atoms with Crippen molar-refractivity contribution in [1.82, 2.24) is 9.97 Å². The molecule has 0 aliphatic carbocycles. The van der Waals surface area contributed by atoms with Crippen LogP contribution >= 0.6 is 0 Å². The first-order chi connectivity index (χ1) is 7.40. The van der Waals surface area contributed by atoms with E-state index in [1.165, 1.54) is 5.56 Å². The summed E-state index contributed by atoms with van der Waals surface area (Å²) in [5.41, 5.74) is 2.34. The number of aromatic nitrogens is 2. The molecule has 15 heavy (non-hydrogen) atoms. The SMILES string of the molecule is OCCCc1ccc(-c2ncc[nH]2)cc1. The van der Waals surface area contributed by atoms with Gasteiger partial charge in [0, 0.05) is 24.6 Å². The highest BCUT2D eigenvalue weighted by atomic mass is 16.2. The van der Waals surface area contributed by atoms with Gasteiger partial charge >= 0.3 is 0 Å². The van der Waals surface area contributed by atoms with Gasteiger partial charge in [-0.15, -0.1) is 0 Å². The zero-order valence-electron chi connectivity index (χ0n) is 8.48. The fraction of sp³-hybridized carbons (Fsp3) is 0.250. The molecule has 3 heteroatoms. The summed E-state index contributed by atoms with van der Waals surface area (Å²) in [6, 6.07) is 8.25. The summed E-state index contributed by atoms with van der Waals surface area (Å²) < 4.78 is 0. The third-order valence-electron chi connectivity index (χ3n) is 2.35. The van der Waals surface area contributed by atoms with E-state index in [0.717, 1.165) is 24.2 Å². The summed E-state index contributed by atoms with van der Waals surface area (Å²) in [7, 11) is 0. The second-order valence-corrected chi connectivity index (χ2v) is 3.46. The average Bonchev–Trinajstić information content (AvgIpc) is 2.80. The van der Waals surface area contributed by atoms with Crippen molar-refractivity contribution in [2.24, 2.45) is 0 Å². The van der Waals surface area contributed by atoms with Gasteiger partial charge in [0.1, 0.15) is 5.82 Å². The highest BCUT2D eigenvalue weighted by molar-refractivity contribution is 5.55. The molecule has 0 aliphatic rings. The molecule has 2 N–H and O–H groups in total. The van der Waals surface area contributed by atoms with Crippen LogP contribution in [-0.2, 0) is 6.42 Å². The van der Waals surface area contributed by atoms with Crippen LogP contribution in [0, 0.1) is 0 Å². The molecular weight excluding hydrogens is 188 g/mol. The number of aliphatic hydroxyl groups excluding tert-OH is 1. The summed E-state index contributed by atoms with van der Waals surface area (Å²) in [5.74, 6) is 0.892. The van der Waals surface area contributed by atoms with Gasteiger partial charge < -0.3 is 10.1 Å². The molecule has 0 unspecified atom stereocenters. The molecule has 78 valence electrons. The van der Waals surface area contributed by atoms with E-state index in [1.807, 2.05) is 18.3 Å². The molecule has 2 aromatic rings. The molecule has 0 saturated heterocycles. The van der Waals surface area contributed by atoms with E-state index in [4.69, 9.17) is 5.11 Å². The predicted molar refractivity (Wildman–Crippen MR) is 59.4 cm³/mol. The maximum Gasteiger partial charge on any atom is 0.137 e. The van der Waals surface area contributed by atoms with E-state index in [0.29, 0.717) is 0 Å². The molecule has 0 radical (unpaired) electrons. The van der Waals surface area contributed by atoms with Gasteiger partial charge in [-0.1, -0.05) is 24.3 Å². The monoisotopic (exact) mass is 202 g/mol. The quantitative estimate of drug-likeness (QED) is 0.796. The lowest BCUT2D eigenvalue weighted by Crippen LogP contribution is -1.89. The van der Waals surface area contributed by atoms with Gasteiger partial charge in [0.05, 0.1) is 0 Å². The zero-order chi connectivity index (χ0) is 10.5. The molecule has 1 aromatic heterocycles. The first kappa shape index (κ1) is 9.93. The van der Waals surface area contributed by atoms with Crippen molar-refractivity contribution in [3.8, 4) is 11.4 Å². The highest BCUT2D eigenvalue weighted by Gasteiger charge is 1.99. The number of H-pyrrole nitrogens is 1. The fourth-order valence-electron chi connectivity index (χ4n) is 1.54. The van der Waals surface area contributed by atoms with Crippen molar-refractivity contribution in [2.45, 2.75) is 12.8 Å². The number of nitrogens with zero attached hydrogens (tertiary/aromatic N) is 1. The molecule has 0 bridgehead atoms. The summed E-state index contributed by atoms with van der Waals surface area (Å²) in [6.45, 7) is 0.250. The van der Waals surface area contributed by atoms with Crippen LogP contribution < -0.4 is 0 Å². The van der Waals surface area contributed by atoms with Crippen LogP contribution in [0.2, 0.25) is 0 Å². The molecule has 1 aromatic carbocycles. The molecule has 0 amide bonds. The summed E-state index contributed by atoms with van der Waals surface area (Å²) >= 11 is 0. The van der Waals surface area contributed by atoms with Crippen molar-refractivity contribution in [3.05, 3.63) is 42.2 Å². The molecule has 2 rings (SSSR count). The Morgan fingerprint density at radius 3 is 2.60 bits per heavy atom. The number of hydrogen-bond acceptors (Lipinski definition) is 2. The lowest BCUT2D eigenvalue weighted by molar-refractivity contribution is 0.288. The van der Waals surface area contributed by atoms with E-state index in [9.17, 15) is 0 Å². The number of benzene rings is 1. The van der Waals surface area contributed by atoms with Gasteiger partial charge in [-0.05, 0) is 18.4 Å². The first-order valence-corrected chi connectivity index (χ1v) is 5.09. The number of rotatable bonds is 4. The van der Waals surface area contributed by atoms with Crippen LogP contribution in [0.1, 0.15) is 12.0 Å². The number of imidazole rings is 1. The predicted octanol–water partition coefficient (Wildman–Crippen LogP) is 2.00. The number of hydrogen-bond donors (Lipinski definition) is 2. The molecule has 0 atom stereocenters. The van der Waals surface area contributed by atoms with Crippen LogP contribution in [0.15, 0.2) is 36.7 Å². The summed E-state index contributed by atoms with van der Waals surface area (Å²) in [6.07, 6.45) is 5.30. The molecule has 0 aliphatic heterocycles. The highest BCUT2D eigenvalue weighted by Crippen LogP contribution is 2.15. The second-order valence-electron chi connectivity index (χ2n) is 3.46. The van der Waals surface area contributed by atoms with Crippen molar-refractivity contribution < 1.29 is 5.11 Å². The minimum atomic E-state index is 0.250. The Balaban J connectivity index is 2.11. The van der Waals surface area contributed by atoms with Crippen molar-refractivity contribution >= 4 is 0 Å². The Morgan fingerprint density at radius 2 is 2.00 bits per heavy atom. The van der Waals surface area contributed by atoms with Gasteiger partial charge in [0.2, 0.25) is 0 Å². The molecule has 0 saturated carbocycles. The van der Waals surface area contributed by atoms with E-state index in [2.05, 4.69) is 22.1 Å². The Morgan fingerprint density at radius 1 is 1.20 bits per heavy atom. The van der Waals surface area contributed by atoms with Crippen LogP contribution in [0.4, 0.5) is 0 Å². The molecule has 3 nitrogen and oxygen atoms in total. The molecule has 0 fully saturated rings. The molecule has 1 heterocycles. The van der Waals surface area contributed by atoms with Gasteiger partial charge in [-0.2, -0.15) is 0 Å². The van der Waals surface area contributed by atoms with E-state index >= 15 is 0 Å². The van der Waals surface area contributed by atoms with Crippen molar-refractivity contribution in [3.63, 3.8) is 0 Å². The van der Waals surface area contributed by atoms with Crippen LogP contribution in [0.3, 0.4) is 0 Å². The third kappa shape index (κ3) is 2.44. The van der Waals surface area contributed by atoms with Crippen LogP contribution in [0.25, 0.3) is 11.4 Å². The first-order valence-electron chi connectivity index (χ1n) is 5.09. The van der Waals surface area contributed by atoms with Gasteiger partial charge in [0.25, 0.3) is 0 Å². The smallest absolute Gasteiger partial charge is 0.137 e. The average molecular weight is 202 g/mol. The third-order valence-corrected chi connectivity index (χ3v) is 2.35. The van der Waals surface area contributed by atoms with Gasteiger partial charge in [0.15, 0.2) is 0 Å². The normalized spacial score (nSPS) is 10.5. The zero-order valence-corrected chi connectivity index (χ0v) is 8.48. The summed E-state index contributed by atoms with van der Waals surface area (Å²) in [5, 5.41) is 8.72. The number of aromatic amines is 1. The Kier molecular flexibility index (Phi) is 3.15. The number of aryl methyl sites for hydroxylation is 1. The topological polar surface area (TPSA) is 48.9 Å². The Hall–Kier alpha value is -1.61. The van der Waals surface area contributed by atoms with Gasteiger partial charge in [-0.3, -0.25) is 0 Å². The van der Waals surface area contributed by atoms with Crippen LogP contribution in [0.5, 0.6) is 0 Å². The van der Waals surface area contributed by atoms with Crippen molar-refractivity contribution in [2.75, 3.05) is 6.61 Å². The minimum absolute atomic E-state index is 0.250. The Bertz CT molecular complexity index is 392. The largest absolute Gasteiger partial charge is 0.396 e. The van der Waals surface area contributed by atoms with Crippen LogP contribution in [-0.4, -0.2) is 21.7 Å². The van der Waals surface area contributed by atoms with Crippen molar-refractivity contribution in [1.29, 1.82) is 0 Å². The maximum atomic E-state index is 8.72. The fourth-order valence-corrected chi connectivity index (χ4v) is 1.54.